The van der Waals surface area contributed by atoms with Crippen LogP contribution in [0.5, 0.6) is 0 Å². The fourth-order valence-electron chi connectivity index (χ4n) is 3.44. The van der Waals surface area contributed by atoms with Crippen molar-refractivity contribution >= 4 is 0 Å². The maximum absolute atomic E-state index is 5.57. The summed E-state index contributed by atoms with van der Waals surface area (Å²) in [4.78, 5) is 15.7. The SMILES string of the molecule is c1ccc(-c2noc(CN3CCCC[C@@H]3c3nc(C4CC4)no3)n2)nc1. The molecule has 0 unspecified atom stereocenters. The first-order valence-corrected chi connectivity index (χ1v) is 9.18. The number of piperidine rings is 1. The van der Waals surface area contributed by atoms with E-state index >= 15 is 0 Å². The molecule has 1 aliphatic carbocycles. The van der Waals surface area contributed by atoms with Crippen molar-refractivity contribution in [3.8, 4) is 11.5 Å². The molecule has 1 atom stereocenters. The highest BCUT2D eigenvalue weighted by Gasteiger charge is 2.33. The van der Waals surface area contributed by atoms with Gasteiger partial charge >= 0.3 is 0 Å². The van der Waals surface area contributed by atoms with Crippen LogP contribution in [0.15, 0.2) is 33.4 Å². The van der Waals surface area contributed by atoms with Gasteiger partial charge in [0.15, 0.2) is 5.82 Å². The molecule has 8 nitrogen and oxygen atoms in total. The van der Waals surface area contributed by atoms with Gasteiger partial charge in [0.2, 0.25) is 17.6 Å². The Morgan fingerprint density at radius 2 is 2.00 bits per heavy atom. The zero-order chi connectivity index (χ0) is 17.3. The first-order chi connectivity index (χ1) is 12.9. The van der Waals surface area contributed by atoms with Crippen LogP contribution in [0.1, 0.15) is 61.7 Å². The number of likely N-dealkylation sites (tertiary alicyclic amines) is 1. The predicted molar refractivity (Wildman–Crippen MR) is 90.8 cm³/mol. The van der Waals surface area contributed by atoms with Crippen LogP contribution < -0.4 is 0 Å². The lowest BCUT2D eigenvalue weighted by Gasteiger charge is -2.31. The monoisotopic (exact) mass is 352 g/mol. The Morgan fingerprint density at radius 3 is 2.85 bits per heavy atom. The average molecular weight is 352 g/mol. The molecule has 5 rings (SSSR count). The Bertz CT molecular complexity index is 873. The minimum absolute atomic E-state index is 0.119. The van der Waals surface area contributed by atoms with E-state index in [9.17, 15) is 0 Å². The summed E-state index contributed by atoms with van der Waals surface area (Å²) in [7, 11) is 0. The fraction of sp³-hybridized carbons (Fsp3) is 0.500. The van der Waals surface area contributed by atoms with Crippen molar-refractivity contribution in [3.63, 3.8) is 0 Å². The van der Waals surface area contributed by atoms with E-state index in [4.69, 9.17) is 9.05 Å². The third-order valence-corrected chi connectivity index (χ3v) is 5.00. The molecule has 8 heteroatoms. The lowest BCUT2D eigenvalue weighted by molar-refractivity contribution is 0.0986. The van der Waals surface area contributed by atoms with Crippen molar-refractivity contribution in [1.29, 1.82) is 0 Å². The van der Waals surface area contributed by atoms with Crippen molar-refractivity contribution in [3.05, 3.63) is 42.0 Å². The zero-order valence-corrected chi connectivity index (χ0v) is 14.4. The summed E-state index contributed by atoms with van der Waals surface area (Å²) < 4.78 is 11.0. The molecule has 2 fully saturated rings. The standard InChI is InChI=1S/C18H20N6O2/c1-3-9-19-13(5-1)17-20-15(25-23-17)11-24-10-4-2-6-14(24)18-21-16(22-26-18)12-7-8-12/h1,3,5,9,12,14H,2,4,6-8,10-11H2/t14-/m1/s1. The van der Waals surface area contributed by atoms with Gasteiger partial charge < -0.3 is 9.05 Å². The van der Waals surface area contributed by atoms with Crippen LogP contribution in [0.25, 0.3) is 11.5 Å². The maximum Gasteiger partial charge on any atom is 0.244 e. The number of aromatic nitrogens is 5. The molecule has 1 saturated heterocycles. The van der Waals surface area contributed by atoms with Gasteiger partial charge in [0.25, 0.3) is 0 Å². The molecule has 4 heterocycles. The molecule has 1 saturated carbocycles. The van der Waals surface area contributed by atoms with E-state index in [0.717, 1.165) is 37.5 Å². The van der Waals surface area contributed by atoms with Gasteiger partial charge in [-0.05, 0) is 44.4 Å². The molecule has 0 spiro atoms. The summed E-state index contributed by atoms with van der Waals surface area (Å²) in [5.74, 6) is 3.18. The summed E-state index contributed by atoms with van der Waals surface area (Å²) in [6, 6.07) is 5.76. The van der Waals surface area contributed by atoms with Crippen molar-refractivity contribution in [2.45, 2.75) is 50.6 Å². The van der Waals surface area contributed by atoms with E-state index in [1.54, 1.807) is 6.20 Å². The lowest BCUT2D eigenvalue weighted by atomic mass is 10.0. The molecule has 0 aromatic carbocycles. The molecule has 134 valence electrons. The summed E-state index contributed by atoms with van der Waals surface area (Å²) >= 11 is 0. The van der Waals surface area contributed by atoms with E-state index in [2.05, 4.69) is 30.2 Å². The molecule has 0 N–H and O–H groups in total. The van der Waals surface area contributed by atoms with Crippen molar-refractivity contribution in [2.24, 2.45) is 0 Å². The minimum Gasteiger partial charge on any atom is -0.338 e. The van der Waals surface area contributed by atoms with Gasteiger partial charge in [0, 0.05) is 12.1 Å². The van der Waals surface area contributed by atoms with Gasteiger partial charge in [-0.1, -0.05) is 22.8 Å². The molecule has 0 amide bonds. The largest absolute Gasteiger partial charge is 0.338 e. The molecular weight excluding hydrogens is 332 g/mol. The molecule has 3 aromatic rings. The van der Waals surface area contributed by atoms with Gasteiger partial charge in [-0.15, -0.1) is 0 Å². The molecule has 3 aromatic heterocycles. The van der Waals surface area contributed by atoms with Crippen LogP contribution in [0.2, 0.25) is 0 Å². The first-order valence-electron chi connectivity index (χ1n) is 9.18. The number of nitrogens with zero attached hydrogens (tertiary/aromatic N) is 6. The smallest absolute Gasteiger partial charge is 0.244 e. The summed E-state index contributed by atoms with van der Waals surface area (Å²) in [5.41, 5.74) is 0.712. The highest BCUT2D eigenvalue weighted by Crippen LogP contribution is 2.39. The van der Waals surface area contributed by atoms with Crippen LogP contribution in [-0.2, 0) is 6.54 Å². The average Bonchev–Trinajstić information content (AvgIpc) is 3.24. The molecule has 1 aliphatic heterocycles. The van der Waals surface area contributed by atoms with Crippen LogP contribution >= 0.6 is 0 Å². The Hall–Kier alpha value is -2.61. The Balaban J connectivity index is 1.33. The second-order valence-electron chi connectivity index (χ2n) is 6.97. The predicted octanol–water partition coefficient (Wildman–Crippen LogP) is 3.12. The minimum atomic E-state index is 0.119. The summed E-state index contributed by atoms with van der Waals surface area (Å²) in [5, 5.41) is 8.22. The first kappa shape index (κ1) is 15.6. The molecule has 26 heavy (non-hydrogen) atoms. The summed E-state index contributed by atoms with van der Waals surface area (Å²) in [6.45, 7) is 1.53. The van der Waals surface area contributed by atoms with Gasteiger partial charge in [0.1, 0.15) is 5.69 Å². The Labute approximate surface area is 150 Å². The Morgan fingerprint density at radius 1 is 1.04 bits per heavy atom. The third kappa shape index (κ3) is 3.12. The molecular formula is C18H20N6O2. The van der Waals surface area contributed by atoms with Crippen LogP contribution in [0.3, 0.4) is 0 Å². The van der Waals surface area contributed by atoms with Crippen molar-refractivity contribution < 1.29 is 9.05 Å². The van der Waals surface area contributed by atoms with Gasteiger partial charge in [-0.2, -0.15) is 9.97 Å². The molecule has 0 bridgehead atoms. The van der Waals surface area contributed by atoms with Gasteiger partial charge in [-0.25, -0.2) is 0 Å². The second-order valence-corrected chi connectivity index (χ2v) is 6.97. The van der Waals surface area contributed by atoms with E-state index in [-0.39, 0.29) is 6.04 Å². The highest BCUT2D eigenvalue weighted by atomic mass is 16.5. The normalized spacial score (nSPS) is 21.2. The van der Waals surface area contributed by atoms with Crippen LogP contribution in [0, 0.1) is 0 Å². The van der Waals surface area contributed by atoms with Gasteiger partial charge in [0.05, 0.1) is 12.6 Å². The van der Waals surface area contributed by atoms with Crippen molar-refractivity contribution in [1.82, 2.24) is 30.2 Å². The third-order valence-electron chi connectivity index (χ3n) is 5.00. The zero-order valence-electron chi connectivity index (χ0n) is 14.4. The fourth-order valence-corrected chi connectivity index (χ4v) is 3.44. The number of pyridine rings is 1. The lowest BCUT2D eigenvalue weighted by Crippen LogP contribution is -2.33. The van der Waals surface area contributed by atoms with Crippen molar-refractivity contribution in [2.75, 3.05) is 6.54 Å². The topological polar surface area (TPSA) is 94.0 Å². The van der Waals surface area contributed by atoms with Crippen LogP contribution in [0.4, 0.5) is 0 Å². The van der Waals surface area contributed by atoms with E-state index < -0.39 is 0 Å². The second kappa shape index (κ2) is 6.60. The number of rotatable bonds is 5. The Kier molecular flexibility index (Phi) is 3.97. The quantitative estimate of drug-likeness (QED) is 0.691. The van der Waals surface area contributed by atoms with Crippen LogP contribution in [-0.4, -0.2) is 36.7 Å². The van der Waals surface area contributed by atoms with Gasteiger partial charge in [-0.3, -0.25) is 9.88 Å². The maximum atomic E-state index is 5.57. The highest BCUT2D eigenvalue weighted by molar-refractivity contribution is 5.46. The van der Waals surface area contributed by atoms with E-state index in [1.165, 1.54) is 12.8 Å². The molecule has 2 aliphatic rings. The van der Waals surface area contributed by atoms with E-state index in [0.29, 0.717) is 29.9 Å². The number of hydrogen-bond donors (Lipinski definition) is 0. The summed E-state index contributed by atoms with van der Waals surface area (Å²) in [6.07, 6.45) is 7.37. The van der Waals surface area contributed by atoms with E-state index in [1.807, 2.05) is 18.2 Å². The molecule has 0 radical (unpaired) electrons. The number of hydrogen-bond acceptors (Lipinski definition) is 8.